The number of hydrogen-bond donors (Lipinski definition) is 1. The normalized spacial score (nSPS) is 14.0. The van der Waals surface area contributed by atoms with Crippen LogP contribution in [-0.2, 0) is 21.2 Å². The number of carbonyl (C=O) groups is 1. The van der Waals surface area contributed by atoms with Crippen LogP contribution in [0.5, 0.6) is 0 Å². The maximum Gasteiger partial charge on any atom is 0.261 e. The van der Waals surface area contributed by atoms with Gasteiger partial charge in [0, 0.05) is 17.9 Å². The van der Waals surface area contributed by atoms with Gasteiger partial charge in [-0.15, -0.1) is 0 Å². The molecule has 23 heavy (non-hydrogen) atoms. The molecule has 1 N–H and O–H groups in total. The molecule has 0 saturated heterocycles. The highest BCUT2D eigenvalue weighted by molar-refractivity contribution is 7.92. The SMILES string of the molecule is CCN1C(=O)Cc2cc(NS(=O)(=O)c3cccc(F)c3)ccc21. The highest BCUT2D eigenvalue weighted by Gasteiger charge is 2.26. The van der Waals surface area contributed by atoms with Crippen LogP contribution in [0, 0.1) is 5.82 Å². The van der Waals surface area contributed by atoms with Crippen molar-refractivity contribution in [2.24, 2.45) is 0 Å². The van der Waals surface area contributed by atoms with Gasteiger partial charge < -0.3 is 4.90 Å². The fourth-order valence-electron chi connectivity index (χ4n) is 2.64. The molecule has 0 radical (unpaired) electrons. The number of likely N-dealkylation sites (N-methyl/N-ethyl adjacent to an activating group) is 1. The quantitative estimate of drug-likeness (QED) is 0.934. The molecule has 1 amide bonds. The van der Waals surface area contributed by atoms with E-state index in [1.807, 2.05) is 6.92 Å². The third kappa shape index (κ3) is 2.92. The number of anilines is 2. The predicted molar refractivity (Wildman–Crippen MR) is 85.4 cm³/mol. The van der Waals surface area contributed by atoms with Crippen molar-refractivity contribution in [3.8, 4) is 0 Å². The van der Waals surface area contributed by atoms with E-state index in [-0.39, 0.29) is 17.2 Å². The second-order valence-electron chi connectivity index (χ2n) is 5.22. The zero-order valence-corrected chi connectivity index (χ0v) is 13.2. The predicted octanol–water partition coefficient (Wildman–Crippen LogP) is 2.54. The fourth-order valence-corrected chi connectivity index (χ4v) is 3.72. The van der Waals surface area contributed by atoms with Crippen molar-refractivity contribution in [1.82, 2.24) is 0 Å². The number of sulfonamides is 1. The Morgan fingerprint density at radius 2 is 2.00 bits per heavy atom. The Kier molecular flexibility index (Phi) is 3.81. The summed E-state index contributed by atoms with van der Waals surface area (Å²) in [5, 5.41) is 0. The summed E-state index contributed by atoms with van der Waals surface area (Å²) in [5.41, 5.74) is 1.92. The average molecular weight is 334 g/mol. The van der Waals surface area contributed by atoms with Crippen LogP contribution in [0.2, 0.25) is 0 Å². The van der Waals surface area contributed by atoms with Crippen molar-refractivity contribution in [3.05, 3.63) is 53.8 Å². The van der Waals surface area contributed by atoms with Crippen molar-refractivity contribution in [2.75, 3.05) is 16.2 Å². The number of fused-ring (bicyclic) bond motifs is 1. The molecule has 0 saturated carbocycles. The molecule has 2 aromatic rings. The number of amides is 1. The van der Waals surface area contributed by atoms with Gasteiger partial charge in [-0.2, -0.15) is 0 Å². The molecule has 2 aromatic carbocycles. The molecule has 120 valence electrons. The number of hydrogen-bond acceptors (Lipinski definition) is 3. The number of nitrogens with one attached hydrogen (secondary N) is 1. The molecular formula is C16H15FN2O3S. The van der Waals surface area contributed by atoms with Crippen molar-refractivity contribution in [1.29, 1.82) is 0 Å². The molecule has 5 nitrogen and oxygen atoms in total. The van der Waals surface area contributed by atoms with Crippen LogP contribution in [0.15, 0.2) is 47.4 Å². The molecule has 1 aliphatic rings. The first-order valence-corrected chi connectivity index (χ1v) is 8.60. The van der Waals surface area contributed by atoms with E-state index in [2.05, 4.69) is 4.72 Å². The molecule has 1 aliphatic heterocycles. The van der Waals surface area contributed by atoms with Crippen LogP contribution < -0.4 is 9.62 Å². The van der Waals surface area contributed by atoms with Gasteiger partial charge in [-0.05, 0) is 48.9 Å². The minimum absolute atomic E-state index is 0.00682. The van der Waals surface area contributed by atoms with E-state index < -0.39 is 15.8 Å². The zero-order valence-electron chi connectivity index (χ0n) is 12.4. The van der Waals surface area contributed by atoms with E-state index >= 15 is 0 Å². The molecule has 0 fully saturated rings. The first kappa shape index (κ1) is 15.5. The van der Waals surface area contributed by atoms with Gasteiger partial charge in [0.05, 0.1) is 11.3 Å². The van der Waals surface area contributed by atoms with Crippen LogP contribution in [0.1, 0.15) is 12.5 Å². The largest absolute Gasteiger partial charge is 0.312 e. The van der Waals surface area contributed by atoms with E-state index in [0.717, 1.165) is 17.3 Å². The summed E-state index contributed by atoms with van der Waals surface area (Å²) in [6, 6.07) is 9.74. The molecule has 0 bridgehead atoms. The summed E-state index contributed by atoms with van der Waals surface area (Å²) >= 11 is 0. The van der Waals surface area contributed by atoms with Crippen LogP contribution in [0.25, 0.3) is 0 Å². The van der Waals surface area contributed by atoms with Crippen molar-refractivity contribution >= 4 is 27.3 Å². The minimum Gasteiger partial charge on any atom is -0.312 e. The average Bonchev–Trinajstić information content (AvgIpc) is 2.81. The second-order valence-corrected chi connectivity index (χ2v) is 6.90. The summed E-state index contributed by atoms with van der Waals surface area (Å²) in [5.74, 6) is -0.626. The molecular weight excluding hydrogens is 319 g/mol. The van der Waals surface area contributed by atoms with E-state index in [9.17, 15) is 17.6 Å². The Morgan fingerprint density at radius 3 is 2.70 bits per heavy atom. The first-order valence-electron chi connectivity index (χ1n) is 7.12. The molecule has 7 heteroatoms. The third-order valence-electron chi connectivity index (χ3n) is 3.69. The van der Waals surface area contributed by atoms with Gasteiger partial charge in [0.1, 0.15) is 5.82 Å². The fraction of sp³-hybridized carbons (Fsp3) is 0.188. The standard InChI is InChI=1S/C16H15FN2O3S/c1-2-19-15-7-6-13(8-11(15)9-16(19)20)18-23(21,22)14-5-3-4-12(17)10-14/h3-8,10,18H,2,9H2,1H3. The lowest BCUT2D eigenvalue weighted by Gasteiger charge is -2.15. The lowest BCUT2D eigenvalue weighted by molar-refractivity contribution is -0.117. The van der Waals surface area contributed by atoms with Crippen LogP contribution in [0.3, 0.4) is 0 Å². The van der Waals surface area contributed by atoms with Gasteiger partial charge in [0.15, 0.2) is 0 Å². The highest BCUT2D eigenvalue weighted by Crippen LogP contribution is 2.31. The van der Waals surface area contributed by atoms with Crippen molar-refractivity contribution in [3.63, 3.8) is 0 Å². The molecule has 0 atom stereocenters. The Balaban J connectivity index is 1.90. The van der Waals surface area contributed by atoms with Gasteiger partial charge in [-0.3, -0.25) is 9.52 Å². The van der Waals surface area contributed by atoms with E-state index in [0.29, 0.717) is 12.2 Å². The Hall–Kier alpha value is -2.41. The van der Waals surface area contributed by atoms with Gasteiger partial charge in [0.2, 0.25) is 5.91 Å². The van der Waals surface area contributed by atoms with Crippen molar-refractivity contribution in [2.45, 2.75) is 18.2 Å². The molecule has 1 heterocycles. The third-order valence-corrected chi connectivity index (χ3v) is 5.07. The van der Waals surface area contributed by atoms with Gasteiger partial charge >= 0.3 is 0 Å². The van der Waals surface area contributed by atoms with Gasteiger partial charge in [-0.1, -0.05) is 6.07 Å². The Morgan fingerprint density at radius 1 is 1.22 bits per heavy atom. The maximum atomic E-state index is 13.2. The summed E-state index contributed by atoms with van der Waals surface area (Å²) < 4.78 is 40.2. The molecule has 0 spiro atoms. The highest BCUT2D eigenvalue weighted by atomic mass is 32.2. The van der Waals surface area contributed by atoms with Crippen LogP contribution in [0.4, 0.5) is 15.8 Å². The van der Waals surface area contributed by atoms with Gasteiger partial charge in [0.25, 0.3) is 10.0 Å². The first-order chi connectivity index (χ1) is 10.9. The summed E-state index contributed by atoms with van der Waals surface area (Å²) in [6.07, 6.45) is 0.249. The summed E-state index contributed by atoms with van der Waals surface area (Å²) in [4.78, 5) is 13.4. The molecule has 0 aliphatic carbocycles. The number of nitrogens with zero attached hydrogens (tertiary/aromatic N) is 1. The van der Waals surface area contributed by atoms with E-state index in [4.69, 9.17) is 0 Å². The smallest absolute Gasteiger partial charge is 0.261 e. The zero-order chi connectivity index (χ0) is 16.6. The Labute approximate surface area is 133 Å². The van der Waals surface area contributed by atoms with Crippen LogP contribution >= 0.6 is 0 Å². The second kappa shape index (κ2) is 5.66. The number of benzene rings is 2. The maximum absolute atomic E-state index is 13.2. The summed E-state index contributed by atoms with van der Waals surface area (Å²) in [7, 11) is -3.87. The van der Waals surface area contributed by atoms with Crippen LogP contribution in [-0.4, -0.2) is 20.9 Å². The Bertz CT molecular complexity index is 881. The molecule has 0 aromatic heterocycles. The summed E-state index contributed by atoms with van der Waals surface area (Å²) in [6.45, 7) is 2.45. The molecule has 3 rings (SSSR count). The van der Waals surface area contributed by atoms with Crippen molar-refractivity contribution < 1.29 is 17.6 Å². The number of carbonyl (C=O) groups excluding carboxylic acids is 1. The minimum atomic E-state index is -3.87. The topological polar surface area (TPSA) is 66.5 Å². The lowest BCUT2D eigenvalue weighted by Crippen LogP contribution is -2.25. The van der Waals surface area contributed by atoms with E-state index in [1.54, 1.807) is 23.1 Å². The lowest BCUT2D eigenvalue weighted by atomic mass is 10.1. The number of rotatable bonds is 4. The number of halogens is 1. The monoisotopic (exact) mass is 334 g/mol. The van der Waals surface area contributed by atoms with E-state index in [1.165, 1.54) is 18.2 Å². The molecule has 0 unspecified atom stereocenters. The van der Waals surface area contributed by atoms with Gasteiger partial charge in [-0.25, -0.2) is 12.8 Å².